The maximum absolute atomic E-state index is 12.8. The molecule has 0 unspecified atom stereocenters. The predicted molar refractivity (Wildman–Crippen MR) is 101 cm³/mol. The molecule has 1 amide bonds. The summed E-state index contributed by atoms with van der Waals surface area (Å²) in [7, 11) is 3.50. The van der Waals surface area contributed by atoms with Crippen LogP contribution in [0.4, 0.5) is 0 Å². The molecule has 27 heavy (non-hydrogen) atoms. The van der Waals surface area contributed by atoms with Crippen molar-refractivity contribution in [3.63, 3.8) is 0 Å². The number of rotatable bonds is 5. The lowest BCUT2D eigenvalue weighted by molar-refractivity contribution is -0.137. The van der Waals surface area contributed by atoms with Crippen LogP contribution in [-0.4, -0.2) is 62.0 Å². The van der Waals surface area contributed by atoms with Crippen molar-refractivity contribution in [3.8, 4) is 5.75 Å². The van der Waals surface area contributed by atoms with Gasteiger partial charge in [0.15, 0.2) is 0 Å². The van der Waals surface area contributed by atoms with Gasteiger partial charge in [-0.2, -0.15) is 0 Å². The van der Waals surface area contributed by atoms with Crippen molar-refractivity contribution >= 4 is 11.9 Å². The quantitative estimate of drug-likeness (QED) is 0.743. The van der Waals surface area contributed by atoms with Crippen LogP contribution >= 0.6 is 0 Å². The average Bonchev–Trinajstić information content (AvgIpc) is 2.91. The lowest BCUT2D eigenvalue weighted by Gasteiger charge is -2.37. The van der Waals surface area contributed by atoms with Crippen molar-refractivity contribution in [2.75, 3.05) is 40.3 Å². The smallest absolute Gasteiger partial charge is 0.339 e. The third-order valence-electron chi connectivity index (χ3n) is 6.44. The maximum atomic E-state index is 12.8. The summed E-state index contributed by atoms with van der Waals surface area (Å²) in [6.07, 6.45) is 4.19. The number of nitrogens with zero attached hydrogens (tertiary/aromatic N) is 2. The molecule has 3 aliphatic rings. The number of ether oxygens (including phenoxy) is 2. The number of carbonyl (C=O) groups is 2. The van der Waals surface area contributed by atoms with E-state index in [4.69, 9.17) is 9.47 Å². The molecule has 2 fully saturated rings. The van der Waals surface area contributed by atoms with E-state index in [9.17, 15) is 9.59 Å². The zero-order chi connectivity index (χ0) is 19.0. The molecule has 0 aromatic heterocycles. The van der Waals surface area contributed by atoms with Crippen molar-refractivity contribution in [2.45, 2.75) is 37.7 Å². The summed E-state index contributed by atoms with van der Waals surface area (Å²) in [5.74, 6) is 0.637. The van der Waals surface area contributed by atoms with Crippen molar-refractivity contribution in [1.82, 2.24) is 9.80 Å². The van der Waals surface area contributed by atoms with E-state index in [0.29, 0.717) is 24.2 Å². The van der Waals surface area contributed by atoms with Gasteiger partial charge in [0.1, 0.15) is 11.4 Å². The van der Waals surface area contributed by atoms with Crippen LogP contribution in [0.2, 0.25) is 0 Å². The van der Waals surface area contributed by atoms with Crippen LogP contribution in [0.15, 0.2) is 18.2 Å². The largest absolute Gasteiger partial charge is 0.497 e. The van der Waals surface area contributed by atoms with E-state index in [2.05, 4.69) is 4.90 Å². The molecular weight excluding hydrogens is 344 g/mol. The number of esters is 1. The third kappa shape index (κ3) is 3.31. The summed E-state index contributed by atoms with van der Waals surface area (Å²) in [6, 6.07) is 5.58. The number of hydrogen-bond donors (Lipinski definition) is 0. The Labute approximate surface area is 160 Å². The predicted octanol–water partition coefficient (Wildman–Crippen LogP) is 2.42. The van der Waals surface area contributed by atoms with Gasteiger partial charge in [-0.1, -0.05) is 6.07 Å². The molecule has 1 aromatic rings. The number of hydrogen-bond acceptors (Lipinski definition) is 5. The molecule has 1 saturated heterocycles. The number of methoxy groups -OCH3 is 1. The van der Waals surface area contributed by atoms with E-state index in [-0.39, 0.29) is 17.8 Å². The molecule has 0 bridgehead atoms. The van der Waals surface area contributed by atoms with Crippen molar-refractivity contribution < 1.29 is 19.1 Å². The Hall–Kier alpha value is -2.08. The highest BCUT2D eigenvalue weighted by Gasteiger charge is 2.48. The van der Waals surface area contributed by atoms with Gasteiger partial charge in [-0.3, -0.25) is 4.79 Å². The van der Waals surface area contributed by atoms with Gasteiger partial charge >= 0.3 is 5.97 Å². The molecule has 146 valence electrons. The van der Waals surface area contributed by atoms with Crippen LogP contribution in [0.25, 0.3) is 0 Å². The van der Waals surface area contributed by atoms with Gasteiger partial charge in [0, 0.05) is 31.6 Å². The molecule has 2 heterocycles. The summed E-state index contributed by atoms with van der Waals surface area (Å²) in [5.41, 5.74) is 0.988. The van der Waals surface area contributed by atoms with E-state index < -0.39 is 5.60 Å². The van der Waals surface area contributed by atoms with Gasteiger partial charge < -0.3 is 19.3 Å². The summed E-state index contributed by atoms with van der Waals surface area (Å²) in [4.78, 5) is 29.4. The minimum atomic E-state index is -0.564. The van der Waals surface area contributed by atoms with Crippen LogP contribution in [-0.2, 0) is 15.1 Å². The van der Waals surface area contributed by atoms with Crippen molar-refractivity contribution in [2.24, 2.45) is 5.92 Å². The maximum Gasteiger partial charge on any atom is 0.339 e. The van der Waals surface area contributed by atoms with Crippen LogP contribution in [0, 0.1) is 5.92 Å². The van der Waals surface area contributed by atoms with E-state index in [1.165, 1.54) is 6.42 Å². The fourth-order valence-corrected chi connectivity index (χ4v) is 4.52. The van der Waals surface area contributed by atoms with E-state index in [1.54, 1.807) is 13.2 Å². The van der Waals surface area contributed by atoms with Gasteiger partial charge in [-0.15, -0.1) is 0 Å². The Morgan fingerprint density at radius 3 is 2.70 bits per heavy atom. The summed E-state index contributed by atoms with van der Waals surface area (Å²) >= 11 is 0. The van der Waals surface area contributed by atoms with Gasteiger partial charge in [0.2, 0.25) is 5.91 Å². The molecule has 6 heteroatoms. The molecule has 0 N–H and O–H groups in total. The highest BCUT2D eigenvalue weighted by molar-refractivity contribution is 5.95. The van der Waals surface area contributed by atoms with Crippen LogP contribution in [0.5, 0.6) is 5.75 Å². The Bertz CT molecular complexity index is 736. The van der Waals surface area contributed by atoms with E-state index in [0.717, 1.165) is 44.6 Å². The molecule has 1 aliphatic carbocycles. The van der Waals surface area contributed by atoms with Crippen LogP contribution in [0.1, 0.15) is 48.0 Å². The molecule has 1 aromatic carbocycles. The SMILES string of the molecule is COc1ccc2c(c1)C(=O)OC21CCC(C(=O)N(C)CCN2CCC2)CC1. The Balaban J connectivity index is 1.39. The molecule has 0 radical (unpaired) electrons. The first-order valence-electron chi connectivity index (χ1n) is 9.91. The lowest BCUT2D eigenvalue weighted by Crippen LogP contribution is -2.45. The number of benzene rings is 1. The molecule has 1 spiro atoms. The van der Waals surface area contributed by atoms with Crippen LogP contribution < -0.4 is 4.74 Å². The highest BCUT2D eigenvalue weighted by atomic mass is 16.6. The number of fused-ring (bicyclic) bond motifs is 2. The first-order chi connectivity index (χ1) is 13.0. The van der Waals surface area contributed by atoms with Gasteiger partial charge in [0.25, 0.3) is 0 Å². The highest BCUT2D eigenvalue weighted by Crippen LogP contribution is 2.48. The zero-order valence-corrected chi connectivity index (χ0v) is 16.2. The van der Waals surface area contributed by atoms with Crippen LogP contribution in [0.3, 0.4) is 0 Å². The minimum absolute atomic E-state index is 0.0259. The average molecular weight is 372 g/mol. The Kier molecular flexibility index (Phi) is 4.84. The molecule has 2 aliphatic heterocycles. The van der Waals surface area contributed by atoms with E-state index >= 15 is 0 Å². The van der Waals surface area contributed by atoms with Gasteiger partial charge in [0.05, 0.1) is 12.7 Å². The Morgan fingerprint density at radius 2 is 2.07 bits per heavy atom. The molecule has 0 atom stereocenters. The first kappa shape index (κ1) is 18.3. The minimum Gasteiger partial charge on any atom is -0.497 e. The monoisotopic (exact) mass is 372 g/mol. The standard InChI is InChI=1S/C21H28N2O4/c1-22(12-13-23-10-3-11-23)19(24)15-6-8-21(9-7-15)18-5-4-16(26-2)14-17(18)20(25)27-21/h4-5,14-15H,3,6-13H2,1-2H3. The zero-order valence-electron chi connectivity index (χ0n) is 16.2. The fraction of sp³-hybridized carbons (Fsp3) is 0.619. The molecule has 4 rings (SSSR count). The summed E-state index contributed by atoms with van der Waals surface area (Å²) in [6.45, 7) is 4.07. The van der Waals surface area contributed by atoms with Gasteiger partial charge in [-0.25, -0.2) is 4.79 Å². The number of likely N-dealkylation sites (N-methyl/N-ethyl adjacent to an activating group) is 1. The fourth-order valence-electron chi connectivity index (χ4n) is 4.52. The second-order valence-corrected chi connectivity index (χ2v) is 8.02. The summed E-state index contributed by atoms with van der Waals surface area (Å²) < 4.78 is 11.1. The topological polar surface area (TPSA) is 59.1 Å². The van der Waals surface area contributed by atoms with E-state index in [1.807, 2.05) is 24.1 Å². The van der Waals surface area contributed by atoms with Gasteiger partial charge in [-0.05, 0) is 57.3 Å². The molecular formula is C21H28N2O4. The Morgan fingerprint density at radius 1 is 1.33 bits per heavy atom. The lowest BCUT2D eigenvalue weighted by atomic mass is 9.74. The molecule has 1 saturated carbocycles. The van der Waals surface area contributed by atoms with Crippen molar-refractivity contribution in [1.29, 1.82) is 0 Å². The number of likely N-dealkylation sites (tertiary alicyclic amines) is 1. The summed E-state index contributed by atoms with van der Waals surface area (Å²) in [5, 5.41) is 0. The third-order valence-corrected chi connectivity index (χ3v) is 6.44. The normalized spacial score (nSPS) is 27.0. The number of carbonyl (C=O) groups excluding carboxylic acids is 2. The first-order valence-corrected chi connectivity index (χ1v) is 9.91. The second-order valence-electron chi connectivity index (χ2n) is 8.02. The number of amides is 1. The molecule has 6 nitrogen and oxygen atoms in total. The second kappa shape index (κ2) is 7.15. The van der Waals surface area contributed by atoms with Crippen molar-refractivity contribution in [3.05, 3.63) is 29.3 Å².